The molecule has 124 valence electrons. The Labute approximate surface area is 133 Å². The number of benzene rings is 1. The Bertz CT molecular complexity index is 847. The molecule has 0 saturated heterocycles. The van der Waals surface area contributed by atoms with Crippen molar-refractivity contribution in [3.8, 4) is 16.9 Å². The van der Waals surface area contributed by atoms with Gasteiger partial charge in [-0.25, -0.2) is 13.1 Å². The van der Waals surface area contributed by atoms with Crippen molar-refractivity contribution in [2.45, 2.75) is 12.9 Å². The van der Waals surface area contributed by atoms with Crippen LogP contribution in [0.5, 0.6) is 5.75 Å². The van der Waals surface area contributed by atoms with Gasteiger partial charge in [0.15, 0.2) is 5.15 Å². The van der Waals surface area contributed by atoms with E-state index in [4.69, 9.17) is 11.6 Å². The van der Waals surface area contributed by atoms with Crippen LogP contribution in [0.3, 0.4) is 0 Å². The van der Waals surface area contributed by atoms with Crippen molar-refractivity contribution < 1.29 is 26.3 Å². The predicted molar refractivity (Wildman–Crippen MR) is 76.8 cm³/mol. The van der Waals surface area contributed by atoms with Gasteiger partial charge in [-0.2, -0.15) is 5.10 Å². The maximum absolute atomic E-state index is 12.2. The van der Waals surface area contributed by atoms with Crippen molar-refractivity contribution in [3.05, 3.63) is 29.4 Å². The molecule has 0 radical (unpaired) electrons. The molecular formula is C12H9ClF3N3O3S. The summed E-state index contributed by atoms with van der Waals surface area (Å²) in [5.74, 6) is -0.333. The van der Waals surface area contributed by atoms with Crippen LogP contribution in [0.2, 0.25) is 5.15 Å². The van der Waals surface area contributed by atoms with E-state index in [1.165, 1.54) is 16.8 Å². The zero-order valence-corrected chi connectivity index (χ0v) is 12.8. The molecule has 2 aromatic rings. The number of nitrogens with zero attached hydrogens (tertiary/aromatic N) is 2. The van der Waals surface area contributed by atoms with Gasteiger partial charge in [0.25, 0.3) is 0 Å². The second-order valence-electron chi connectivity index (χ2n) is 4.73. The first-order chi connectivity index (χ1) is 10.6. The minimum atomic E-state index is -4.79. The lowest BCUT2D eigenvalue weighted by Gasteiger charge is -2.17. The van der Waals surface area contributed by atoms with Crippen LogP contribution in [0.4, 0.5) is 19.0 Å². The Morgan fingerprint density at radius 1 is 1.26 bits per heavy atom. The monoisotopic (exact) mass is 367 g/mol. The van der Waals surface area contributed by atoms with Gasteiger partial charge in [0.2, 0.25) is 10.0 Å². The third-order valence-electron chi connectivity index (χ3n) is 3.11. The molecule has 11 heteroatoms. The van der Waals surface area contributed by atoms with Gasteiger partial charge in [-0.3, -0.25) is 4.72 Å². The molecule has 1 aromatic carbocycles. The van der Waals surface area contributed by atoms with Gasteiger partial charge in [-0.15, -0.1) is 13.2 Å². The highest BCUT2D eigenvalue weighted by molar-refractivity contribution is 7.92. The summed E-state index contributed by atoms with van der Waals surface area (Å²) in [6.07, 6.45) is -4.79. The molecule has 23 heavy (non-hydrogen) atoms. The summed E-state index contributed by atoms with van der Waals surface area (Å²) in [6.45, 7) is 0.139. The molecule has 0 amide bonds. The Kier molecular flexibility index (Phi) is 3.68. The van der Waals surface area contributed by atoms with Crippen molar-refractivity contribution in [3.63, 3.8) is 0 Å². The average molecular weight is 368 g/mol. The Morgan fingerprint density at radius 3 is 2.52 bits per heavy atom. The van der Waals surface area contributed by atoms with Crippen LogP contribution < -0.4 is 9.46 Å². The van der Waals surface area contributed by atoms with E-state index in [-0.39, 0.29) is 29.0 Å². The third-order valence-corrected chi connectivity index (χ3v) is 4.60. The van der Waals surface area contributed by atoms with Crippen LogP contribution in [0, 0.1) is 0 Å². The molecule has 0 atom stereocenters. The number of halogens is 4. The maximum Gasteiger partial charge on any atom is 0.573 e. The van der Waals surface area contributed by atoms with E-state index in [9.17, 15) is 21.6 Å². The third kappa shape index (κ3) is 3.37. The number of aryl methyl sites for hydroxylation is 1. The normalized spacial score (nSPS) is 16.5. The zero-order valence-electron chi connectivity index (χ0n) is 11.3. The lowest BCUT2D eigenvalue weighted by atomic mass is 10.1. The summed E-state index contributed by atoms with van der Waals surface area (Å²) in [7, 11) is -3.49. The molecule has 6 nitrogen and oxygen atoms in total. The number of hydrogen-bond donors (Lipinski definition) is 1. The van der Waals surface area contributed by atoms with Gasteiger partial charge in [0, 0.05) is 0 Å². The van der Waals surface area contributed by atoms with Crippen molar-refractivity contribution >= 4 is 27.4 Å². The fourth-order valence-corrected chi connectivity index (χ4v) is 3.49. The number of aromatic nitrogens is 2. The van der Waals surface area contributed by atoms with Crippen molar-refractivity contribution in [1.29, 1.82) is 0 Å². The van der Waals surface area contributed by atoms with Gasteiger partial charge in [0.05, 0.1) is 17.9 Å². The summed E-state index contributed by atoms with van der Waals surface area (Å²) in [5, 5.41) is 4.07. The molecule has 1 aliphatic heterocycles. The molecule has 1 aliphatic rings. The molecule has 0 saturated carbocycles. The summed E-state index contributed by atoms with van der Waals surface area (Å²) in [4.78, 5) is 0. The highest BCUT2D eigenvalue weighted by Crippen LogP contribution is 2.37. The molecule has 3 rings (SSSR count). The second kappa shape index (κ2) is 5.31. The summed E-state index contributed by atoms with van der Waals surface area (Å²) in [6, 6.07) is 4.91. The highest BCUT2D eigenvalue weighted by Gasteiger charge is 2.31. The number of alkyl halides is 3. The van der Waals surface area contributed by atoms with E-state index in [2.05, 4.69) is 14.6 Å². The van der Waals surface area contributed by atoms with E-state index in [0.717, 1.165) is 12.1 Å². The van der Waals surface area contributed by atoms with Crippen molar-refractivity contribution in [2.24, 2.45) is 0 Å². The van der Waals surface area contributed by atoms with Crippen LogP contribution in [0.1, 0.15) is 0 Å². The second-order valence-corrected chi connectivity index (χ2v) is 6.93. The van der Waals surface area contributed by atoms with Crippen molar-refractivity contribution in [2.75, 3.05) is 10.5 Å². The molecule has 1 N–H and O–H groups in total. The minimum absolute atomic E-state index is 0.0501. The molecule has 2 heterocycles. The standard InChI is InChI=1S/C12H9ClF3N3O3S/c13-10-9(11-18-23(20,21)6-5-19(11)17-10)7-1-3-8(4-2-7)22-12(14,15)16/h1-4,18H,5-6H2. The fraction of sp³-hybridized carbons (Fsp3) is 0.250. The number of anilines is 1. The summed E-state index contributed by atoms with van der Waals surface area (Å²) < 4.78 is 67.4. The van der Waals surface area contributed by atoms with Gasteiger partial charge in [-0.1, -0.05) is 23.7 Å². The molecule has 1 aromatic heterocycles. The number of sulfonamides is 1. The lowest BCUT2D eigenvalue weighted by Crippen LogP contribution is -2.28. The van der Waals surface area contributed by atoms with E-state index < -0.39 is 16.4 Å². The lowest BCUT2D eigenvalue weighted by molar-refractivity contribution is -0.274. The number of ether oxygens (including phenoxy) is 1. The SMILES string of the molecule is O=S1(=O)CCn2nc(Cl)c(-c3ccc(OC(F)(F)F)cc3)c2N1. The van der Waals surface area contributed by atoms with Gasteiger partial charge in [-0.05, 0) is 17.7 Å². The number of fused-ring (bicyclic) bond motifs is 1. The van der Waals surface area contributed by atoms with E-state index in [0.29, 0.717) is 11.1 Å². The predicted octanol–water partition coefficient (Wildman–Crippen LogP) is 2.86. The van der Waals surface area contributed by atoms with E-state index in [1.54, 1.807) is 0 Å². The molecule has 0 fully saturated rings. The molecule has 0 aliphatic carbocycles. The van der Waals surface area contributed by atoms with Crippen LogP contribution in [-0.2, 0) is 16.6 Å². The smallest absolute Gasteiger partial charge is 0.406 e. The average Bonchev–Trinajstić information content (AvgIpc) is 2.72. The Morgan fingerprint density at radius 2 is 1.91 bits per heavy atom. The first-order valence-corrected chi connectivity index (χ1v) is 8.31. The number of hydrogen-bond acceptors (Lipinski definition) is 4. The quantitative estimate of drug-likeness (QED) is 0.885. The summed E-state index contributed by atoms with van der Waals surface area (Å²) in [5.41, 5.74) is 0.712. The summed E-state index contributed by atoms with van der Waals surface area (Å²) >= 11 is 6.03. The molecular weight excluding hydrogens is 359 g/mol. The number of rotatable bonds is 2. The Balaban J connectivity index is 1.98. The number of nitrogens with one attached hydrogen (secondary N) is 1. The first kappa shape index (κ1) is 15.9. The van der Waals surface area contributed by atoms with Crippen LogP contribution in [0.25, 0.3) is 11.1 Å². The first-order valence-electron chi connectivity index (χ1n) is 6.28. The van der Waals surface area contributed by atoms with Gasteiger partial charge in [0.1, 0.15) is 11.6 Å². The van der Waals surface area contributed by atoms with Crippen LogP contribution in [-0.4, -0.2) is 30.3 Å². The van der Waals surface area contributed by atoms with Gasteiger partial charge < -0.3 is 4.74 Å². The molecule has 0 bridgehead atoms. The molecule has 0 unspecified atom stereocenters. The van der Waals surface area contributed by atoms with E-state index >= 15 is 0 Å². The Hall–Kier alpha value is -1.94. The fourth-order valence-electron chi connectivity index (χ4n) is 2.18. The van der Waals surface area contributed by atoms with Gasteiger partial charge >= 0.3 is 6.36 Å². The van der Waals surface area contributed by atoms with Crippen LogP contribution in [0.15, 0.2) is 24.3 Å². The maximum atomic E-state index is 12.2. The van der Waals surface area contributed by atoms with Crippen molar-refractivity contribution in [1.82, 2.24) is 9.78 Å². The molecule has 0 spiro atoms. The van der Waals surface area contributed by atoms with E-state index in [1.807, 2.05) is 0 Å². The topological polar surface area (TPSA) is 73.2 Å². The highest BCUT2D eigenvalue weighted by atomic mass is 35.5. The van der Waals surface area contributed by atoms with Crippen LogP contribution >= 0.6 is 11.6 Å². The minimum Gasteiger partial charge on any atom is -0.406 e. The largest absolute Gasteiger partial charge is 0.573 e. The zero-order chi connectivity index (χ0) is 16.8.